The fourth-order valence-corrected chi connectivity index (χ4v) is 5.73. The van der Waals surface area contributed by atoms with Crippen molar-refractivity contribution in [3.8, 4) is 5.75 Å². The Morgan fingerprint density at radius 2 is 1.75 bits per heavy atom. The topological polar surface area (TPSA) is 42.7 Å². The summed E-state index contributed by atoms with van der Waals surface area (Å²) in [5.74, 6) is 1.66. The number of rotatable bonds is 11. The van der Waals surface area contributed by atoms with Gasteiger partial charge in [-0.2, -0.15) is 0 Å². The van der Waals surface area contributed by atoms with E-state index in [-0.39, 0.29) is 46.4 Å². The first-order chi connectivity index (χ1) is 15.0. The van der Waals surface area contributed by atoms with Gasteiger partial charge in [0.05, 0.1) is 12.7 Å². The van der Waals surface area contributed by atoms with E-state index < -0.39 is 0 Å². The number of benzene rings is 2. The molecule has 4 nitrogen and oxygen atoms in total. The van der Waals surface area contributed by atoms with Gasteiger partial charge in [0.25, 0.3) is 0 Å². The number of furan rings is 1. The summed E-state index contributed by atoms with van der Waals surface area (Å²) in [5.41, 5.74) is 2.15. The minimum Gasteiger partial charge on any atom is -1.00 e. The number of carbonyl (C=O) groups excluding carboxylic acids is 1. The second-order valence-electron chi connectivity index (χ2n) is 7.47. The standard InChI is InChI=1S/C25H29I2NO3.Ca.2H/c1-4-7-11-22-23(18-10-8-9-12-21(18)31-22)24(29)17-15-19(26)25(20(27)16-17)30-14-13-28(5-2)6-3;;;/h8-10,12,15-16H,4-7,11,13-14H2,1-3H3;;;/q;+2;2*-1. The number of ketones is 1. The Kier molecular flexibility index (Phi) is 12.3. The Morgan fingerprint density at radius 3 is 2.38 bits per heavy atom. The number of hydrogen-bond acceptors (Lipinski definition) is 4. The van der Waals surface area contributed by atoms with E-state index >= 15 is 0 Å². The zero-order valence-corrected chi connectivity index (χ0v) is 25.6. The molecule has 0 saturated carbocycles. The Hall–Kier alpha value is 0.130. The molecule has 3 rings (SSSR count). The molecule has 2 aromatic carbocycles. The summed E-state index contributed by atoms with van der Waals surface area (Å²) in [5, 5.41) is 0.892. The van der Waals surface area contributed by atoms with Gasteiger partial charge < -0.3 is 16.9 Å². The van der Waals surface area contributed by atoms with Crippen molar-refractivity contribution < 1.29 is 16.8 Å². The number of carbonyl (C=O) groups is 1. The molecule has 0 fully saturated rings. The number of likely N-dealkylation sites (N-methyl/N-ethyl adjacent to an activating group) is 1. The van der Waals surface area contributed by atoms with Crippen molar-refractivity contribution in [2.75, 3.05) is 26.2 Å². The third-order valence-corrected chi connectivity index (χ3v) is 7.06. The fraction of sp³-hybridized carbons (Fsp3) is 0.400. The van der Waals surface area contributed by atoms with Gasteiger partial charge in [-0.15, -0.1) is 0 Å². The van der Waals surface area contributed by atoms with Crippen LogP contribution in [0.1, 0.15) is 58.1 Å². The molecule has 7 heteroatoms. The normalized spacial score (nSPS) is 11.1. The van der Waals surface area contributed by atoms with E-state index in [4.69, 9.17) is 9.15 Å². The third-order valence-electron chi connectivity index (χ3n) is 5.46. The molecule has 0 amide bonds. The summed E-state index contributed by atoms with van der Waals surface area (Å²) in [7, 11) is 0. The Labute approximate surface area is 251 Å². The minimum absolute atomic E-state index is 0. The molecule has 1 aromatic heterocycles. The van der Waals surface area contributed by atoms with Crippen LogP contribution in [0, 0.1) is 7.14 Å². The molecule has 0 spiro atoms. The number of aryl methyl sites for hydroxylation is 1. The summed E-state index contributed by atoms with van der Waals surface area (Å²) in [6, 6.07) is 11.7. The molecule has 0 radical (unpaired) electrons. The number of hydrogen-bond donors (Lipinski definition) is 0. The molecule has 0 atom stereocenters. The molecule has 0 saturated heterocycles. The first kappa shape index (κ1) is 28.4. The average molecular weight is 687 g/mol. The minimum atomic E-state index is 0. The largest absolute Gasteiger partial charge is 2.00 e. The van der Waals surface area contributed by atoms with E-state index in [1.54, 1.807) is 0 Å². The Bertz CT molecular complexity index is 1030. The van der Waals surface area contributed by atoms with Crippen LogP contribution in [0.3, 0.4) is 0 Å². The van der Waals surface area contributed by atoms with Crippen LogP contribution in [-0.4, -0.2) is 74.7 Å². The van der Waals surface area contributed by atoms with E-state index in [0.29, 0.717) is 17.7 Å². The zero-order chi connectivity index (χ0) is 22.4. The summed E-state index contributed by atoms with van der Waals surface area (Å²) in [6.07, 6.45) is 2.82. The SMILES string of the molecule is CCCCc1oc2ccccc2c1C(=O)c1cc(I)c(OCCN(CC)CC)c(I)c1.[Ca+2].[H-].[H-]. The molecule has 0 N–H and O–H groups in total. The van der Waals surface area contributed by atoms with E-state index in [9.17, 15) is 4.79 Å². The van der Waals surface area contributed by atoms with Crippen LogP contribution >= 0.6 is 45.2 Å². The quantitative estimate of drug-likeness (QED) is 0.127. The second-order valence-corrected chi connectivity index (χ2v) is 9.80. The number of unbranched alkanes of at least 4 members (excludes halogenated alkanes) is 1. The van der Waals surface area contributed by atoms with Gasteiger partial charge in [0.2, 0.25) is 0 Å². The van der Waals surface area contributed by atoms with Crippen LogP contribution in [0.2, 0.25) is 0 Å². The zero-order valence-electron chi connectivity index (χ0n) is 21.0. The summed E-state index contributed by atoms with van der Waals surface area (Å²) in [4.78, 5) is 15.9. The van der Waals surface area contributed by atoms with Crippen LogP contribution < -0.4 is 4.74 Å². The molecular weight excluding hydrogens is 656 g/mol. The third kappa shape index (κ3) is 6.84. The summed E-state index contributed by atoms with van der Waals surface area (Å²) >= 11 is 4.54. The van der Waals surface area contributed by atoms with E-state index in [2.05, 4.69) is 70.9 Å². The maximum absolute atomic E-state index is 13.6. The van der Waals surface area contributed by atoms with Crippen LogP contribution in [0.25, 0.3) is 11.0 Å². The smallest absolute Gasteiger partial charge is 1.00 e. The molecule has 0 bridgehead atoms. The summed E-state index contributed by atoms with van der Waals surface area (Å²) < 4.78 is 14.1. The molecule has 0 unspecified atom stereocenters. The van der Waals surface area contributed by atoms with Crippen molar-refractivity contribution >= 4 is 99.7 Å². The second kappa shape index (κ2) is 13.9. The molecule has 0 aliphatic rings. The molecule has 32 heavy (non-hydrogen) atoms. The van der Waals surface area contributed by atoms with Crippen molar-refractivity contribution in [2.45, 2.75) is 40.0 Å². The van der Waals surface area contributed by atoms with Crippen LogP contribution in [0.15, 0.2) is 40.8 Å². The van der Waals surface area contributed by atoms with E-state index in [1.807, 2.05) is 36.4 Å². The van der Waals surface area contributed by atoms with Crippen LogP contribution in [0.4, 0.5) is 0 Å². The van der Waals surface area contributed by atoms with Gasteiger partial charge in [0.15, 0.2) is 5.78 Å². The number of fused-ring (bicyclic) bond motifs is 1. The van der Waals surface area contributed by atoms with Crippen molar-refractivity contribution in [3.05, 3.63) is 60.4 Å². The van der Waals surface area contributed by atoms with Gasteiger partial charge in [-0.3, -0.25) is 4.79 Å². The summed E-state index contributed by atoms with van der Waals surface area (Å²) in [6.45, 7) is 10.0. The average Bonchev–Trinajstić information content (AvgIpc) is 3.14. The number of halogens is 2. The van der Waals surface area contributed by atoms with Crippen LogP contribution in [-0.2, 0) is 6.42 Å². The molecule has 0 aliphatic heterocycles. The van der Waals surface area contributed by atoms with Gasteiger partial charge in [-0.05, 0) is 82.9 Å². The molecule has 3 aromatic rings. The number of ether oxygens (including phenoxy) is 1. The molecule has 170 valence electrons. The predicted molar refractivity (Wildman–Crippen MR) is 151 cm³/mol. The molecule has 1 heterocycles. The fourth-order valence-electron chi connectivity index (χ4n) is 3.65. The van der Waals surface area contributed by atoms with E-state index in [0.717, 1.165) is 68.5 Å². The van der Waals surface area contributed by atoms with Gasteiger partial charge in [0, 0.05) is 23.9 Å². The first-order valence-corrected chi connectivity index (χ1v) is 13.0. The molecule has 0 aliphatic carbocycles. The maximum Gasteiger partial charge on any atom is 2.00 e. The van der Waals surface area contributed by atoms with Crippen LogP contribution in [0.5, 0.6) is 5.75 Å². The maximum atomic E-state index is 13.6. The van der Waals surface area contributed by atoms with Gasteiger partial charge >= 0.3 is 37.7 Å². The van der Waals surface area contributed by atoms with E-state index in [1.165, 1.54) is 0 Å². The predicted octanol–water partition coefficient (Wildman–Crippen LogP) is 6.78. The van der Waals surface area contributed by atoms with Crippen molar-refractivity contribution in [1.29, 1.82) is 0 Å². The van der Waals surface area contributed by atoms with Gasteiger partial charge in [-0.25, -0.2) is 0 Å². The Balaban J connectivity index is 0.00000363. The van der Waals surface area contributed by atoms with Crippen molar-refractivity contribution in [2.24, 2.45) is 0 Å². The Morgan fingerprint density at radius 1 is 1.09 bits per heavy atom. The molecular formula is C25H31CaI2NO3. The van der Waals surface area contributed by atoms with Gasteiger partial charge in [-0.1, -0.05) is 45.4 Å². The van der Waals surface area contributed by atoms with Crippen molar-refractivity contribution in [3.63, 3.8) is 0 Å². The van der Waals surface area contributed by atoms with Crippen molar-refractivity contribution in [1.82, 2.24) is 4.90 Å². The first-order valence-electron chi connectivity index (χ1n) is 10.9. The monoisotopic (exact) mass is 687 g/mol. The van der Waals surface area contributed by atoms with Gasteiger partial charge in [0.1, 0.15) is 23.7 Å². The number of nitrogens with zero attached hydrogens (tertiary/aromatic N) is 1. The number of para-hydroxylation sites is 1.